The Kier molecular flexibility index (Phi) is 2.07. The summed E-state index contributed by atoms with van der Waals surface area (Å²) < 4.78 is 5.72. The molecule has 2 saturated carbocycles. The molecule has 3 atom stereocenters. The van der Waals surface area contributed by atoms with Gasteiger partial charge in [0.25, 0.3) is 6.01 Å². The molecule has 0 saturated heterocycles. The van der Waals surface area contributed by atoms with E-state index in [9.17, 15) is 0 Å². The number of aromatic nitrogens is 1. The van der Waals surface area contributed by atoms with Gasteiger partial charge in [-0.1, -0.05) is 12.5 Å². The minimum absolute atomic E-state index is 0.540. The quantitative estimate of drug-likeness (QED) is 0.796. The Hall–Kier alpha value is -1.71. The molecule has 3 unspecified atom stereocenters. The van der Waals surface area contributed by atoms with Crippen molar-refractivity contribution in [3.8, 4) is 0 Å². The van der Waals surface area contributed by atoms with Gasteiger partial charge < -0.3 is 15.5 Å². The van der Waals surface area contributed by atoms with Crippen LogP contribution in [0.25, 0.3) is 11.1 Å². The number of nitrogen functional groups attached to an aromatic ring is 1. The maximum atomic E-state index is 5.89. The van der Waals surface area contributed by atoms with Gasteiger partial charge in [0.2, 0.25) is 0 Å². The molecule has 4 nitrogen and oxygen atoms in total. The Labute approximate surface area is 106 Å². The van der Waals surface area contributed by atoms with Crippen molar-refractivity contribution in [3.63, 3.8) is 0 Å². The van der Waals surface area contributed by atoms with E-state index in [0.717, 1.165) is 22.9 Å². The van der Waals surface area contributed by atoms with E-state index in [1.165, 1.54) is 25.7 Å². The van der Waals surface area contributed by atoms with Gasteiger partial charge in [0.1, 0.15) is 5.52 Å². The second kappa shape index (κ2) is 3.64. The average Bonchev–Trinajstić information content (AvgIpc) is 3.03. The molecule has 2 aliphatic rings. The summed E-state index contributed by atoms with van der Waals surface area (Å²) in [5.41, 5.74) is 8.10. The molecule has 3 N–H and O–H groups in total. The fraction of sp³-hybridized carbons (Fsp3) is 0.500. The third-order valence-corrected chi connectivity index (χ3v) is 4.50. The summed E-state index contributed by atoms with van der Waals surface area (Å²) in [6.07, 6.45) is 5.40. The molecular formula is C14H17N3O. The standard InChI is InChI=1S/C14H17N3O/c15-10-2-1-3-12-13(10)17-14(18-12)16-11-7-8-4-5-9(11)6-8/h1-3,8-9,11H,4-7,15H2,(H,16,17). The fourth-order valence-corrected chi connectivity index (χ4v) is 3.61. The van der Waals surface area contributed by atoms with Crippen LogP contribution in [-0.2, 0) is 0 Å². The number of nitrogens with one attached hydrogen (secondary N) is 1. The predicted molar refractivity (Wildman–Crippen MR) is 71.3 cm³/mol. The minimum Gasteiger partial charge on any atom is -0.423 e. The van der Waals surface area contributed by atoms with Crippen LogP contribution in [0, 0.1) is 11.8 Å². The SMILES string of the molecule is Nc1cccc2oc(NC3CC4CCC3C4)nc12. The summed E-state index contributed by atoms with van der Waals surface area (Å²) >= 11 is 0. The molecule has 2 fully saturated rings. The Morgan fingerprint density at radius 3 is 2.94 bits per heavy atom. The first kappa shape index (κ1) is 10.2. The second-order valence-electron chi connectivity index (χ2n) is 5.64. The van der Waals surface area contributed by atoms with E-state index < -0.39 is 0 Å². The summed E-state index contributed by atoms with van der Waals surface area (Å²) in [5, 5.41) is 3.46. The average molecular weight is 243 g/mol. The first-order valence-corrected chi connectivity index (χ1v) is 6.71. The van der Waals surface area contributed by atoms with Gasteiger partial charge in [-0.05, 0) is 43.2 Å². The molecule has 0 spiro atoms. The summed E-state index contributed by atoms with van der Waals surface area (Å²) in [6.45, 7) is 0. The molecule has 1 aromatic heterocycles. The molecule has 18 heavy (non-hydrogen) atoms. The Bertz CT molecular complexity index is 592. The van der Waals surface area contributed by atoms with Crippen molar-refractivity contribution in [2.75, 3.05) is 11.1 Å². The number of rotatable bonds is 2. The van der Waals surface area contributed by atoms with Crippen molar-refractivity contribution in [2.24, 2.45) is 11.8 Å². The van der Waals surface area contributed by atoms with Crippen molar-refractivity contribution >= 4 is 22.8 Å². The third kappa shape index (κ3) is 1.48. The van der Waals surface area contributed by atoms with Crippen molar-refractivity contribution in [1.82, 2.24) is 4.98 Å². The highest BCUT2D eigenvalue weighted by Crippen LogP contribution is 2.45. The maximum absolute atomic E-state index is 5.89. The van der Waals surface area contributed by atoms with Crippen molar-refractivity contribution in [2.45, 2.75) is 31.7 Å². The zero-order valence-corrected chi connectivity index (χ0v) is 10.2. The fourth-order valence-electron chi connectivity index (χ4n) is 3.61. The van der Waals surface area contributed by atoms with Gasteiger partial charge in [-0.3, -0.25) is 0 Å². The molecule has 4 heteroatoms. The lowest BCUT2D eigenvalue weighted by Gasteiger charge is -2.21. The van der Waals surface area contributed by atoms with E-state index in [0.29, 0.717) is 17.7 Å². The van der Waals surface area contributed by atoms with E-state index >= 15 is 0 Å². The van der Waals surface area contributed by atoms with Crippen molar-refractivity contribution in [1.29, 1.82) is 0 Å². The molecule has 1 aromatic carbocycles. The van der Waals surface area contributed by atoms with E-state index in [4.69, 9.17) is 10.2 Å². The van der Waals surface area contributed by atoms with E-state index in [-0.39, 0.29) is 0 Å². The summed E-state index contributed by atoms with van der Waals surface area (Å²) in [4.78, 5) is 4.46. The van der Waals surface area contributed by atoms with Crippen LogP contribution in [0.5, 0.6) is 0 Å². The topological polar surface area (TPSA) is 64.1 Å². The third-order valence-electron chi connectivity index (χ3n) is 4.50. The number of benzene rings is 1. The van der Waals surface area contributed by atoms with E-state index in [1.54, 1.807) is 0 Å². The van der Waals surface area contributed by atoms with Crippen LogP contribution in [0.3, 0.4) is 0 Å². The molecule has 2 aromatic rings. The molecule has 0 aliphatic heterocycles. The van der Waals surface area contributed by atoms with Crippen molar-refractivity contribution in [3.05, 3.63) is 18.2 Å². The predicted octanol–water partition coefficient (Wildman–Crippen LogP) is 3.01. The summed E-state index contributed by atoms with van der Waals surface area (Å²) in [7, 11) is 0. The molecule has 4 rings (SSSR count). The number of nitrogens with two attached hydrogens (primary N) is 1. The molecule has 1 heterocycles. The Morgan fingerprint density at radius 1 is 1.28 bits per heavy atom. The van der Waals surface area contributed by atoms with E-state index in [1.807, 2.05) is 18.2 Å². The van der Waals surface area contributed by atoms with Gasteiger partial charge in [-0.25, -0.2) is 0 Å². The Balaban J connectivity index is 1.61. The van der Waals surface area contributed by atoms with Crippen LogP contribution in [0.15, 0.2) is 22.6 Å². The Morgan fingerprint density at radius 2 is 2.22 bits per heavy atom. The zero-order valence-electron chi connectivity index (χ0n) is 10.2. The smallest absolute Gasteiger partial charge is 0.295 e. The molecular weight excluding hydrogens is 226 g/mol. The normalized spacial score (nSPS) is 30.1. The van der Waals surface area contributed by atoms with E-state index in [2.05, 4.69) is 10.3 Å². The van der Waals surface area contributed by atoms with Gasteiger partial charge in [-0.15, -0.1) is 0 Å². The van der Waals surface area contributed by atoms with Crippen LogP contribution in [0.4, 0.5) is 11.7 Å². The van der Waals surface area contributed by atoms with Crippen LogP contribution in [0.1, 0.15) is 25.7 Å². The molecule has 0 radical (unpaired) electrons. The molecule has 94 valence electrons. The van der Waals surface area contributed by atoms with Gasteiger partial charge >= 0.3 is 0 Å². The highest BCUT2D eigenvalue weighted by molar-refractivity contribution is 5.86. The number of anilines is 2. The number of nitrogens with zero attached hydrogens (tertiary/aromatic N) is 1. The highest BCUT2D eigenvalue weighted by atomic mass is 16.4. The lowest BCUT2D eigenvalue weighted by atomic mass is 9.96. The summed E-state index contributed by atoms with van der Waals surface area (Å²) in [5.74, 6) is 1.73. The number of hydrogen-bond donors (Lipinski definition) is 2. The number of para-hydroxylation sites is 1. The number of hydrogen-bond acceptors (Lipinski definition) is 4. The van der Waals surface area contributed by atoms with Crippen molar-refractivity contribution < 1.29 is 4.42 Å². The molecule has 2 aliphatic carbocycles. The second-order valence-corrected chi connectivity index (χ2v) is 5.64. The highest BCUT2D eigenvalue weighted by Gasteiger charge is 2.39. The van der Waals surface area contributed by atoms with Gasteiger partial charge in [0.15, 0.2) is 5.58 Å². The minimum atomic E-state index is 0.540. The first-order valence-electron chi connectivity index (χ1n) is 6.71. The monoisotopic (exact) mass is 243 g/mol. The van der Waals surface area contributed by atoms with Crippen LogP contribution >= 0.6 is 0 Å². The first-order chi connectivity index (χ1) is 8.79. The molecule has 2 bridgehead atoms. The summed E-state index contributed by atoms with van der Waals surface area (Å²) in [6, 6.07) is 6.82. The lowest BCUT2D eigenvalue weighted by Crippen LogP contribution is -2.25. The van der Waals surface area contributed by atoms with Gasteiger partial charge in [-0.2, -0.15) is 4.98 Å². The van der Waals surface area contributed by atoms with Gasteiger partial charge in [0, 0.05) is 6.04 Å². The van der Waals surface area contributed by atoms with Crippen LogP contribution < -0.4 is 11.1 Å². The maximum Gasteiger partial charge on any atom is 0.295 e. The number of fused-ring (bicyclic) bond motifs is 3. The number of oxazole rings is 1. The van der Waals surface area contributed by atoms with Crippen LogP contribution in [0.2, 0.25) is 0 Å². The van der Waals surface area contributed by atoms with Gasteiger partial charge in [0.05, 0.1) is 5.69 Å². The largest absolute Gasteiger partial charge is 0.423 e. The zero-order chi connectivity index (χ0) is 12.1. The van der Waals surface area contributed by atoms with Crippen LogP contribution in [-0.4, -0.2) is 11.0 Å². The molecule has 0 amide bonds. The lowest BCUT2D eigenvalue weighted by molar-refractivity contribution is 0.429.